The first-order valence-corrected chi connectivity index (χ1v) is 5.87. The predicted octanol–water partition coefficient (Wildman–Crippen LogP) is 4.11. The molecule has 0 saturated heterocycles. The predicted molar refractivity (Wildman–Crippen MR) is 71.0 cm³/mol. The molecule has 87 valence electrons. The molecule has 2 rings (SSSR count). The highest BCUT2D eigenvalue weighted by Crippen LogP contribution is 2.21. The van der Waals surface area contributed by atoms with Gasteiger partial charge in [0, 0.05) is 18.6 Å². The second-order valence-corrected chi connectivity index (χ2v) is 4.23. The van der Waals surface area contributed by atoms with Crippen LogP contribution < -0.4 is 0 Å². The van der Waals surface area contributed by atoms with Gasteiger partial charge in [-0.3, -0.25) is 0 Å². The lowest BCUT2D eigenvalue weighted by Crippen LogP contribution is -2.06. The van der Waals surface area contributed by atoms with Gasteiger partial charge in [0.15, 0.2) is 0 Å². The molecule has 0 atom stereocenters. The number of benzene rings is 2. The highest BCUT2D eigenvalue weighted by molar-refractivity contribution is 6.30. The molecule has 0 aliphatic carbocycles. The first kappa shape index (κ1) is 12.2. The number of methoxy groups -OCH3 is 1. The third-order valence-corrected chi connectivity index (χ3v) is 2.87. The lowest BCUT2D eigenvalue weighted by Gasteiger charge is -2.14. The van der Waals surface area contributed by atoms with Crippen LogP contribution in [0.1, 0.15) is 11.1 Å². The summed E-state index contributed by atoms with van der Waals surface area (Å²) in [5.74, 6) is 0. The van der Waals surface area contributed by atoms with E-state index in [4.69, 9.17) is 16.3 Å². The summed E-state index contributed by atoms with van der Waals surface area (Å²) in [5.41, 5.74) is 2.31. The van der Waals surface area contributed by atoms with E-state index in [1.807, 2.05) is 42.5 Å². The van der Waals surface area contributed by atoms with Crippen LogP contribution in [0.5, 0.6) is 0 Å². The Morgan fingerprint density at radius 3 is 2.24 bits per heavy atom. The SMILES string of the molecule is CO[C](Cc1ccc(Cl)cc1)c1ccccc1. The maximum Gasteiger partial charge on any atom is 0.130 e. The van der Waals surface area contributed by atoms with Crippen LogP contribution in [0.3, 0.4) is 0 Å². The van der Waals surface area contributed by atoms with Crippen molar-refractivity contribution in [1.82, 2.24) is 0 Å². The molecule has 0 aliphatic heterocycles. The minimum Gasteiger partial charge on any atom is -0.370 e. The van der Waals surface area contributed by atoms with Crippen molar-refractivity contribution in [2.75, 3.05) is 7.11 Å². The summed E-state index contributed by atoms with van der Waals surface area (Å²) in [4.78, 5) is 0. The molecular formula is C15H14ClO. The van der Waals surface area contributed by atoms with E-state index in [-0.39, 0.29) is 0 Å². The van der Waals surface area contributed by atoms with Crippen molar-refractivity contribution in [1.29, 1.82) is 0 Å². The molecule has 1 radical (unpaired) electrons. The van der Waals surface area contributed by atoms with Gasteiger partial charge in [-0.2, -0.15) is 0 Å². The molecule has 0 N–H and O–H groups in total. The monoisotopic (exact) mass is 245 g/mol. The molecular weight excluding hydrogens is 232 g/mol. The fraction of sp³-hybridized carbons (Fsp3) is 0.133. The van der Waals surface area contributed by atoms with Crippen molar-refractivity contribution in [2.45, 2.75) is 6.42 Å². The van der Waals surface area contributed by atoms with Crippen LogP contribution in [0.2, 0.25) is 5.02 Å². The minimum absolute atomic E-state index is 0.757. The largest absolute Gasteiger partial charge is 0.370 e. The molecule has 17 heavy (non-hydrogen) atoms. The van der Waals surface area contributed by atoms with Crippen molar-refractivity contribution in [3.8, 4) is 0 Å². The molecule has 2 aromatic rings. The molecule has 0 fully saturated rings. The van der Waals surface area contributed by atoms with Crippen molar-refractivity contribution >= 4 is 11.6 Å². The van der Waals surface area contributed by atoms with Crippen LogP contribution >= 0.6 is 11.6 Å². The van der Waals surface area contributed by atoms with Crippen LogP contribution in [0, 0.1) is 6.10 Å². The quantitative estimate of drug-likeness (QED) is 0.788. The zero-order valence-electron chi connectivity index (χ0n) is 9.69. The van der Waals surface area contributed by atoms with E-state index in [9.17, 15) is 0 Å². The highest BCUT2D eigenvalue weighted by atomic mass is 35.5. The summed E-state index contributed by atoms with van der Waals surface area (Å²) in [6.07, 6.45) is 1.74. The van der Waals surface area contributed by atoms with Gasteiger partial charge >= 0.3 is 0 Å². The number of rotatable bonds is 4. The molecule has 0 amide bonds. The summed E-state index contributed by atoms with van der Waals surface area (Å²) < 4.78 is 5.45. The Morgan fingerprint density at radius 1 is 1.00 bits per heavy atom. The fourth-order valence-electron chi connectivity index (χ4n) is 1.70. The van der Waals surface area contributed by atoms with Gasteiger partial charge in [0.05, 0.1) is 0 Å². The van der Waals surface area contributed by atoms with E-state index in [1.54, 1.807) is 7.11 Å². The summed E-state index contributed by atoms with van der Waals surface area (Å²) >= 11 is 5.86. The molecule has 0 unspecified atom stereocenters. The van der Waals surface area contributed by atoms with Crippen molar-refractivity contribution in [3.05, 3.63) is 76.9 Å². The molecule has 1 nitrogen and oxygen atoms in total. The van der Waals surface area contributed by atoms with E-state index in [1.165, 1.54) is 5.56 Å². The Balaban J connectivity index is 2.13. The van der Waals surface area contributed by atoms with Gasteiger partial charge in [-0.1, -0.05) is 54.1 Å². The maximum atomic E-state index is 5.86. The lowest BCUT2D eigenvalue weighted by molar-refractivity contribution is 0.224. The van der Waals surface area contributed by atoms with Gasteiger partial charge in [0.1, 0.15) is 6.10 Å². The zero-order valence-corrected chi connectivity index (χ0v) is 10.4. The van der Waals surface area contributed by atoms with E-state index < -0.39 is 0 Å². The van der Waals surface area contributed by atoms with Gasteiger partial charge in [0.2, 0.25) is 0 Å². The number of hydrogen-bond donors (Lipinski definition) is 0. The molecule has 2 heteroatoms. The van der Waals surface area contributed by atoms with Gasteiger partial charge in [-0.15, -0.1) is 0 Å². The molecule has 0 bridgehead atoms. The lowest BCUT2D eigenvalue weighted by atomic mass is 10.0. The Kier molecular flexibility index (Phi) is 4.18. The Morgan fingerprint density at radius 2 is 1.65 bits per heavy atom. The molecule has 0 heterocycles. The smallest absolute Gasteiger partial charge is 0.130 e. The molecule has 0 saturated carbocycles. The third-order valence-electron chi connectivity index (χ3n) is 2.62. The molecule has 0 aromatic heterocycles. The van der Waals surface area contributed by atoms with Gasteiger partial charge < -0.3 is 4.74 Å². The van der Waals surface area contributed by atoms with Crippen molar-refractivity contribution in [3.63, 3.8) is 0 Å². The van der Waals surface area contributed by atoms with Gasteiger partial charge in [0.25, 0.3) is 0 Å². The van der Waals surface area contributed by atoms with E-state index in [0.717, 1.165) is 23.1 Å². The second-order valence-electron chi connectivity index (χ2n) is 3.80. The maximum absolute atomic E-state index is 5.86. The minimum atomic E-state index is 0.757. The van der Waals surface area contributed by atoms with Crippen LogP contribution in [-0.4, -0.2) is 7.11 Å². The van der Waals surface area contributed by atoms with Crippen LogP contribution in [0.25, 0.3) is 0 Å². The Hall–Kier alpha value is -1.31. The van der Waals surface area contributed by atoms with E-state index in [0.29, 0.717) is 0 Å². The molecule has 2 aromatic carbocycles. The van der Waals surface area contributed by atoms with Crippen LogP contribution in [0.15, 0.2) is 54.6 Å². The molecule has 0 spiro atoms. The summed E-state index contributed by atoms with van der Waals surface area (Å²) in [6.45, 7) is 0. The highest BCUT2D eigenvalue weighted by Gasteiger charge is 2.12. The summed E-state index contributed by atoms with van der Waals surface area (Å²) in [5, 5.41) is 0.757. The van der Waals surface area contributed by atoms with Crippen molar-refractivity contribution < 1.29 is 4.74 Å². The second kappa shape index (κ2) is 5.85. The Labute approximate surface area is 107 Å². The molecule has 0 aliphatic rings. The summed E-state index contributed by atoms with van der Waals surface area (Å²) in [7, 11) is 1.71. The normalized spacial score (nSPS) is 10.8. The number of halogens is 1. The number of hydrogen-bond acceptors (Lipinski definition) is 1. The summed E-state index contributed by atoms with van der Waals surface area (Å²) in [6, 6.07) is 18.0. The van der Waals surface area contributed by atoms with Gasteiger partial charge in [-0.05, 0) is 23.3 Å². The van der Waals surface area contributed by atoms with Crippen LogP contribution in [-0.2, 0) is 11.2 Å². The first-order valence-electron chi connectivity index (χ1n) is 5.49. The van der Waals surface area contributed by atoms with E-state index in [2.05, 4.69) is 12.1 Å². The first-order chi connectivity index (χ1) is 8.29. The average molecular weight is 246 g/mol. The fourth-order valence-corrected chi connectivity index (χ4v) is 1.83. The zero-order chi connectivity index (χ0) is 12.1. The average Bonchev–Trinajstić information content (AvgIpc) is 2.39. The topological polar surface area (TPSA) is 9.23 Å². The third kappa shape index (κ3) is 3.32. The number of ether oxygens (including phenoxy) is 1. The Bertz CT molecular complexity index is 450. The van der Waals surface area contributed by atoms with E-state index >= 15 is 0 Å². The van der Waals surface area contributed by atoms with Crippen molar-refractivity contribution in [2.24, 2.45) is 0 Å². The van der Waals surface area contributed by atoms with Gasteiger partial charge in [-0.25, -0.2) is 0 Å². The standard InChI is InChI=1S/C15H14ClO/c1-17-15(13-5-3-2-4-6-13)11-12-7-9-14(16)10-8-12/h2-10H,11H2,1H3. The van der Waals surface area contributed by atoms with Crippen LogP contribution in [0.4, 0.5) is 0 Å².